The molecule has 1 atom stereocenters. The first-order valence-corrected chi connectivity index (χ1v) is 10.7. The summed E-state index contributed by atoms with van der Waals surface area (Å²) in [6.45, 7) is 2.30. The quantitative estimate of drug-likeness (QED) is 0.322. The van der Waals surface area contributed by atoms with Crippen LogP contribution in [0, 0.1) is 0 Å². The Balaban J connectivity index is 1.94. The van der Waals surface area contributed by atoms with E-state index in [4.69, 9.17) is 14.2 Å². The molecular weight excluding hydrogens is 436 g/mol. The van der Waals surface area contributed by atoms with Crippen LogP contribution >= 0.6 is 0 Å². The molecule has 1 saturated heterocycles. The van der Waals surface area contributed by atoms with Gasteiger partial charge in [0.1, 0.15) is 17.3 Å². The second-order valence-corrected chi connectivity index (χ2v) is 7.43. The fraction of sp³-hybridized carbons (Fsp3) is 0.192. The van der Waals surface area contributed by atoms with E-state index in [9.17, 15) is 14.7 Å². The van der Waals surface area contributed by atoms with E-state index in [0.717, 1.165) is 0 Å². The highest BCUT2D eigenvalue weighted by molar-refractivity contribution is 6.51. The van der Waals surface area contributed by atoms with Crippen molar-refractivity contribution in [2.45, 2.75) is 13.0 Å². The number of hydrogen-bond acceptors (Lipinski definition) is 7. The summed E-state index contributed by atoms with van der Waals surface area (Å²) in [5, 5.41) is 11.2. The van der Waals surface area contributed by atoms with Gasteiger partial charge in [0.15, 0.2) is 11.5 Å². The molecule has 34 heavy (non-hydrogen) atoms. The van der Waals surface area contributed by atoms with Crippen LogP contribution in [0.2, 0.25) is 0 Å². The van der Waals surface area contributed by atoms with E-state index in [1.807, 2.05) is 6.92 Å². The number of Topliss-reactive ketones (excluding diaryl/α,β-unsaturated/α-hetero) is 1. The lowest BCUT2D eigenvalue weighted by molar-refractivity contribution is -0.132. The highest BCUT2D eigenvalue weighted by atomic mass is 16.5. The molecule has 0 radical (unpaired) electrons. The third kappa shape index (κ3) is 4.05. The number of carbonyl (C=O) groups is 2. The van der Waals surface area contributed by atoms with Crippen LogP contribution in [0.3, 0.4) is 0 Å². The number of pyridine rings is 1. The molecule has 2 aromatic carbocycles. The predicted octanol–water partition coefficient (Wildman–Crippen LogP) is 4.12. The van der Waals surface area contributed by atoms with Crippen LogP contribution in [0.5, 0.6) is 17.2 Å². The Hall–Kier alpha value is -4.33. The van der Waals surface area contributed by atoms with E-state index in [2.05, 4.69) is 4.98 Å². The van der Waals surface area contributed by atoms with Gasteiger partial charge in [-0.1, -0.05) is 24.3 Å². The molecule has 0 aliphatic carbocycles. The molecule has 0 unspecified atom stereocenters. The number of carbonyl (C=O) groups excluding carboxylic acids is 2. The number of hydrogen-bond donors (Lipinski definition) is 1. The molecule has 8 nitrogen and oxygen atoms in total. The standard InChI is InChI=1S/C26H24N2O6/c1-4-34-19-12-11-16(15-20(19)33-3)23-22(24(29)17-8-7-9-18(14-17)32-2)25(30)26(31)28(23)21-10-5-6-13-27-21/h5-15,23,29H,4H2,1-3H3/t23-/m1/s1. The molecule has 1 aliphatic rings. The summed E-state index contributed by atoms with van der Waals surface area (Å²) in [7, 11) is 3.01. The van der Waals surface area contributed by atoms with E-state index >= 15 is 0 Å². The summed E-state index contributed by atoms with van der Waals surface area (Å²) >= 11 is 0. The van der Waals surface area contributed by atoms with Gasteiger partial charge in [0, 0.05) is 11.8 Å². The molecule has 8 heteroatoms. The minimum Gasteiger partial charge on any atom is -0.507 e. The monoisotopic (exact) mass is 460 g/mol. The Morgan fingerprint density at radius 2 is 1.82 bits per heavy atom. The Morgan fingerprint density at radius 1 is 1.00 bits per heavy atom. The molecule has 0 bridgehead atoms. The number of nitrogens with zero attached hydrogens (tertiary/aromatic N) is 2. The first kappa shape index (κ1) is 22.8. The van der Waals surface area contributed by atoms with Crippen molar-refractivity contribution >= 4 is 23.3 Å². The summed E-state index contributed by atoms with van der Waals surface area (Å²) in [5.74, 6) is -0.170. The van der Waals surface area contributed by atoms with Gasteiger partial charge in [0.2, 0.25) is 0 Å². The molecule has 1 amide bonds. The van der Waals surface area contributed by atoms with Crippen molar-refractivity contribution in [3.05, 3.63) is 83.6 Å². The third-order valence-corrected chi connectivity index (χ3v) is 5.49. The number of amides is 1. The van der Waals surface area contributed by atoms with Crippen molar-refractivity contribution in [3.8, 4) is 17.2 Å². The van der Waals surface area contributed by atoms with Gasteiger partial charge in [-0.05, 0) is 48.9 Å². The number of benzene rings is 2. The fourth-order valence-corrected chi connectivity index (χ4v) is 3.94. The van der Waals surface area contributed by atoms with Crippen molar-refractivity contribution in [2.24, 2.45) is 0 Å². The minimum atomic E-state index is -0.939. The number of aliphatic hydroxyl groups is 1. The SMILES string of the molecule is CCOc1ccc([C@@H]2C(=C(O)c3cccc(OC)c3)C(=O)C(=O)N2c2ccccn2)cc1OC. The normalized spacial score (nSPS) is 17.0. The van der Waals surface area contributed by atoms with E-state index in [1.54, 1.807) is 60.7 Å². The smallest absolute Gasteiger partial charge is 0.301 e. The van der Waals surface area contributed by atoms with Gasteiger partial charge in [-0.2, -0.15) is 0 Å². The highest BCUT2D eigenvalue weighted by Crippen LogP contribution is 2.43. The van der Waals surface area contributed by atoms with E-state index in [0.29, 0.717) is 35.0 Å². The summed E-state index contributed by atoms with van der Waals surface area (Å²) in [5.41, 5.74) is 0.839. The molecule has 4 rings (SSSR count). The second-order valence-electron chi connectivity index (χ2n) is 7.43. The van der Waals surface area contributed by atoms with Crippen LogP contribution in [0.4, 0.5) is 5.82 Å². The van der Waals surface area contributed by atoms with Gasteiger partial charge < -0.3 is 19.3 Å². The Labute approximate surface area is 197 Å². The molecule has 2 heterocycles. The van der Waals surface area contributed by atoms with Crippen molar-refractivity contribution in [2.75, 3.05) is 25.7 Å². The number of anilines is 1. The number of rotatable bonds is 7. The number of ether oxygens (including phenoxy) is 3. The predicted molar refractivity (Wildman–Crippen MR) is 126 cm³/mol. The lowest BCUT2D eigenvalue weighted by atomic mass is 9.95. The zero-order chi connectivity index (χ0) is 24.2. The van der Waals surface area contributed by atoms with Crippen LogP contribution < -0.4 is 19.1 Å². The molecule has 0 spiro atoms. The van der Waals surface area contributed by atoms with Gasteiger partial charge in [0.05, 0.1) is 32.4 Å². The average molecular weight is 460 g/mol. The van der Waals surface area contributed by atoms with Crippen LogP contribution in [0.1, 0.15) is 24.1 Å². The maximum Gasteiger partial charge on any atom is 0.301 e. The number of methoxy groups -OCH3 is 2. The number of aliphatic hydroxyl groups excluding tert-OH is 1. The topological polar surface area (TPSA) is 98.2 Å². The van der Waals surface area contributed by atoms with Gasteiger partial charge in [-0.3, -0.25) is 14.5 Å². The summed E-state index contributed by atoms with van der Waals surface area (Å²) in [4.78, 5) is 32.0. The van der Waals surface area contributed by atoms with Crippen LogP contribution in [-0.2, 0) is 9.59 Å². The average Bonchev–Trinajstić information content (AvgIpc) is 3.14. The van der Waals surface area contributed by atoms with Gasteiger partial charge >= 0.3 is 5.91 Å². The summed E-state index contributed by atoms with van der Waals surface area (Å²) in [6, 6.07) is 15.9. The highest BCUT2D eigenvalue weighted by Gasteiger charge is 2.47. The maximum atomic E-state index is 13.2. The molecule has 1 aliphatic heterocycles. The van der Waals surface area contributed by atoms with E-state index in [1.165, 1.54) is 25.3 Å². The molecule has 3 aromatic rings. The Morgan fingerprint density at radius 3 is 2.50 bits per heavy atom. The summed E-state index contributed by atoms with van der Waals surface area (Å²) in [6.07, 6.45) is 1.53. The lowest BCUT2D eigenvalue weighted by Gasteiger charge is -2.25. The minimum absolute atomic E-state index is 0.0601. The van der Waals surface area contributed by atoms with Gasteiger partial charge in [-0.25, -0.2) is 4.98 Å². The lowest BCUT2D eigenvalue weighted by Crippen LogP contribution is -2.30. The van der Waals surface area contributed by atoms with Gasteiger partial charge in [-0.15, -0.1) is 0 Å². The zero-order valence-corrected chi connectivity index (χ0v) is 19.0. The third-order valence-electron chi connectivity index (χ3n) is 5.49. The van der Waals surface area contributed by atoms with E-state index in [-0.39, 0.29) is 17.2 Å². The zero-order valence-electron chi connectivity index (χ0n) is 19.0. The van der Waals surface area contributed by atoms with Crippen molar-refractivity contribution in [1.29, 1.82) is 0 Å². The largest absolute Gasteiger partial charge is 0.507 e. The molecule has 1 aromatic heterocycles. The van der Waals surface area contributed by atoms with Crippen molar-refractivity contribution < 1.29 is 28.9 Å². The Kier molecular flexibility index (Phi) is 6.49. The van der Waals surface area contributed by atoms with Crippen molar-refractivity contribution in [3.63, 3.8) is 0 Å². The fourth-order valence-electron chi connectivity index (χ4n) is 3.94. The van der Waals surface area contributed by atoms with Crippen LogP contribution in [-0.4, -0.2) is 42.6 Å². The second kappa shape index (κ2) is 9.66. The number of aromatic nitrogens is 1. The maximum absolute atomic E-state index is 13.2. The molecule has 0 saturated carbocycles. The van der Waals surface area contributed by atoms with Crippen LogP contribution in [0.25, 0.3) is 5.76 Å². The number of ketones is 1. The first-order valence-electron chi connectivity index (χ1n) is 10.7. The molecule has 1 fully saturated rings. The van der Waals surface area contributed by atoms with E-state index < -0.39 is 17.7 Å². The molecular formula is C26H24N2O6. The van der Waals surface area contributed by atoms with Crippen LogP contribution in [0.15, 0.2) is 72.4 Å². The van der Waals surface area contributed by atoms with Crippen molar-refractivity contribution in [1.82, 2.24) is 4.98 Å². The van der Waals surface area contributed by atoms with Gasteiger partial charge in [0.25, 0.3) is 5.78 Å². The molecule has 1 N–H and O–H groups in total. The Bertz CT molecular complexity index is 1260. The summed E-state index contributed by atoms with van der Waals surface area (Å²) < 4.78 is 16.3. The first-order chi connectivity index (χ1) is 16.5. The molecule has 174 valence electrons.